The van der Waals surface area contributed by atoms with Crippen LogP contribution >= 0.6 is 12.4 Å². The van der Waals surface area contributed by atoms with Gasteiger partial charge in [-0.05, 0) is 6.92 Å². The van der Waals surface area contributed by atoms with Gasteiger partial charge in [0.15, 0.2) is 5.75 Å². The Bertz CT molecular complexity index is 401. The molecule has 1 aromatic rings. The van der Waals surface area contributed by atoms with Crippen molar-refractivity contribution in [3.05, 3.63) is 33.4 Å². The first-order valence-corrected chi connectivity index (χ1v) is 4.27. The lowest BCUT2D eigenvalue weighted by Crippen LogP contribution is -2.13. The van der Waals surface area contributed by atoms with Crippen molar-refractivity contribution in [2.24, 2.45) is 5.73 Å². The normalized spacial score (nSPS) is 11.7. The molecule has 0 spiro atoms. The molecule has 1 atom stereocenters. The fourth-order valence-electron chi connectivity index (χ4n) is 1.31. The minimum absolute atomic E-state index is 0. The fourth-order valence-corrected chi connectivity index (χ4v) is 1.31. The van der Waals surface area contributed by atoms with Gasteiger partial charge in [-0.2, -0.15) is 0 Å². The molecule has 0 aliphatic carbocycles. The number of alkyl halides is 1. The number of hydrogen-bond acceptors (Lipinski definition) is 4. The summed E-state index contributed by atoms with van der Waals surface area (Å²) in [6, 6.07) is 1.79. The van der Waals surface area contributed by atoms with E-state index in [0.717, 1.165) is 0 Å². The largest absolute Gasteiger partial charge is 0.502 e. The Hall–Kier alpha value is -1.40. The lowest BCUT2D eigenvalue weighted by Gasteiger charge is -2.10. The number of nitrogens with two attached hydrogens (primary N) is 1. The molecule has 0 heterocycles. The Morgan fingerprint density at radius 1 is 1.62 bits per heavy atom. The summed E-state index contributed by atoms with van der Waals surface area (Å²) >= 11 is 0. The Balaban J connectivity index is 0.00000225. The molecule has 0 amide bonds. The maximum absolute atomic E-state index is 12.3. The average molecular weight is 251 g/mol. The molecule has 5 nitrogen and oxygen atoms in total. The second-order valence-corrected chi connectivity index (χ2v) is 3.19. The van der Waals surface area contributed by atoms with Crippen molar-refractivity contribution in [2.75, 3.05) is 6.67 Å². The minimum Gasteiger partial charge on any atom is -0.502 e. The van der Waals surface area contributed by atoms with Crippen LogP contribution in [0.15, 0.2) is 12.1 Å². The van der Waals surface area contributed by atoms with Gasteiger partial charge in [-0.3, -0.25) is 10.1 Å². The molecule has 1 rings (SSSR count). The van der Waals surface area contributed by atoms with Crippen molar-refractivity contribution in [3.63, 3.8) is 0 Å². The summed E-state index contributed by atoms with van der Waals surface area (Å²) in [7, 11) is 0. The van der Waals surface area contributed by atoms with Crippen LogP contribution in [0.5, 0.6) is 5.75 Å². The third kappa shape index (κ3) is 2.59. The highest BCUT2D eigenvalue weighted by Gasteiger charge is 2.23. The summed E-state index contributed by atoms with van der Waals surface area (Å²) in [4.78, 5) is 9.91. The molecular weight excluding hydrogens is 239 g/mol. The van der Waals surface area contributed by atoms with E-state index in [0.29, 0.717) is 5.56 Å². The number of nitro groups is 1. The monoisotopic (exact) mass is 250 g/mol. The zero-order valence-corrected chi connectivity index (χ0v) is 9.33. The van der Waals surface area contributed by atoms with Gasteiger partial charge in [-0.25, -0.2) is 4.39 Å². The summed E-state index contributed by atoms with van der Waals surface area (Å²) in [6.07, 6.45) is 0. The maximum Gasteiger partial charge on any atom is 0.313 e. The molecule has 0 radical (unpaired) electrons. The quantitative estimate of drug-likeness (QED) is 0.634. The number of nitro benzene ring substituents is 1. The molecule has 7 heteroatoms. The van der Waals surface area contributed by atoms with Crippen LogP contribution in [-0.4, -0.2) is 16.7 Å². The first-order valence-electron chi connectivity index (χ1n) is 4.27. The van der Waals surface area contributed by atoms with Gasteiger partial charge < -0.3 is 10.8 Å². The van der Waals surface area contributed by atoms with E-state index in [1.165, 1.54) is 19.1 Å². The molecule has 0 bridgehead atoms. The van der Waals surface area contributed by atoms with Crippen LogP contribution in [-0.2, 0) is 0 Å². The zero-order chi connectivity index (χ0) is 11.6. The Morgan fingerprint density at radius 3 is 2.62 bits per heavy atom. The van der Waals surface area contributed by atoms with Gasteiger partial charge in [0, 0.05) is 11.1 Å². The SMILES string of the molecule is Cc1ccc([C@H](N)CF)c(O)c1[N+](=O)[O-].Cl. The van der Waals surface area contributed by atoms with Gasteiger partial charge in [0.25, 0.3) is 0 Å². The van der Waals surface area contributed by atoms with Crippen molar-refractivity contribution in [3.8, 4) is 5.75 Å². The van der Waals surface area contributed by atoms with Gasteiger partial charge in [-0.1, -0.05) is 12.1 Å². The molecule has 0 aliphatic heterocycles. The molecule has 90 valence electrons. The third-order valence-electron chi connectivity index (χ3n) is 2.13. The van der Waals surface area contributed by atoms with Crippen LogP contribution in [0.1, 0.15) is 17.2 Å². The number of benzene rings is 1. The number of phenolic OH excluding ortho intramolecular Hbond substituents is 1. The first-order chi connectivity index (χ1) is 6.99. The van der Waals surface area contributed by atoms with Crippen LogP contribution in [0.2, 0.25) is 0 Å². The summed E-state index contributed by atoms with van der Waals surface area (Å²) in [5, 5.41) is 20.2. The fraction of sp³-hybridized carbons (Fsp3) is 0.333. The second-order valence-electron chi connectivity index (χ2n) is 3.19. The van der Waals surface area contributed by atoms with Gasteiger partial charge in [0.2, 0.25) is 0 Å². The Labute approximate surface area is 97.6 Å². The van der Waals surface area contributed by atoms with Crippen molar-refractivity contribution < 1.29 is 14.4 Å². The second kappa shape index (κ2) is 5.62. The highest BCUT2D eigenvalue weighted by atomic mass is 35.5. The molecule has 0 aromatic heterocycles. The summed E-state index contributed by atoms with van der Waals surface area (Å²) in [5.74, 6) is -0.551. The first kappa shape index (κ1) is 14.6. The Kier molecular flexibility index (Phi) is 5.13. The summed E-state index contributed by atoms with van der Waals surface area (Å²) < 4.78 is 12.3. The standard InChI is InChI=1S/C9H11FN2O3.ClH/c1-5-2-3-6(7(11)4-10)9(13)8(5)12(14)15;/h2-3,7,13H,4,11H2,1H3;1H/t7-;/m1./s1. The van der Waals surface area contributed by atoms with Crippen LogP contribution in [0.4, 0.5) is 10.1 Å². The van der Waals surface area contributed by atoms with E-state index in [4.69, 9.17) is 5.73 Å². The van der Waals surface area contributed by atoms with Crippen molar-refractivity contribution in [2.45, 2.75) is 13.0 Å². The molecule has 1 aromatic carbocycles. The maximum atomic E-state index is 12.3. The number of aryl methyl sites for hydroxylation is 1. The highest BCUT2D eigenvalue weighted by molar-refractivity contribution is 5.85. The van der Waals surface area contributed by atoms with Crippen molar-refractivity contribution in [1.29, 1.82) is 0 Å². The topological polar surface area (TPSA) is 89.4 Å². The average Bonchev–Trinajstić information content (AvgIpc) is 2.16. The van der Waals surface area contributed by atoms with Crippen LogP contribution < -0.4 is 5.73 Å². The molecule has 16 heavy (non-hydrogen) atoms. The van der Waals surface area contributed by atoms with Crippen molar-refractivity contribution >= 4 is 18.1 Å². The number of nitrogens with zero attached hydrogens (tertiary/aromatic N) is 1. The molecular formula is C9H12ClFN2O3. The number of hydrogen-bond donors (Lipinski definition) is 2. The lowest BCUT2D eigenvalue weighted by molar-refractivity contribution is -0.386. The van der Waals surface area contributed by atoms with Gasteiger partial charge in [0.1, 0.15) is 6.67 Å². The molecule has 0 unspecified atom stereocenters. The molecule has 0 saturated heterocycles. The van der Waals surface area contributed by atoms with E-state index < -0.39 is 29.1 Å². The number of rotatable bonds is 3. The van der Waals surface area contributed by atoms with E-state index in [1.807, 2.05) is 0 Å². The molecule has 3 N–H and O–H groups in total. The predicted molar refractivity (Wildman–Crippen MR) is 59.6 cm³/mol. The summed E-state index contributed by atoms with van der Waals surface area (Å²) in [5.41, 5.74) is 5.30. The molecule has 0 fully saturated rings. The number of phenols is 1. The van der Waals surface area contributed by atoms with Gasteiger partial charge >= 0.3 is 5.69 Å². The molecule has 0 saturated carbocycles. The summed E-state index contributed by atoms with van der Waals surface area (Å²) in [6.45, 7) is 0.608. The number of halogens is 2. The van der Waals surface area contributed by atoms with Crippen LogP contribution in [0, 0.1) is 17.0 Å². The van der Waals surface area contributed by atoms with E-state index >= 15 is 0 Å². The smallest absolute Gasteiger partial charge is 0.313 e. The highest BCUT2D eigenvalue weighted by Crippen LogP contribution is 2.35. The van der Waals surface area contributed by atoms with Gasteiger partial charge in [0.05, 0.1) is 11.0 Å². The predicted octanol–water partition coefficient (Wildman–Crippen LogP) is 2.00. The molecule has 0 aliphatic rings. The minimum atomic E-state index is -1.04. The van der Waals surface area contributed by atoms with E-state index in [1.54, 1.807) is 0 Å². The third-order valence-corrected chi connectivity index (χ3v) is 2.13. The van der Waals surface area contributed by atoms with Crippen LogP contribution in [0.25, 0.3) is 0 Å². The van der Waals surface area contributed by atoms with Crippen molar-refractivity contribution in [1.82, 2.24) is 0 Å². The van der Waals surface area contributed by atoms with E-state index in [9.17, 15) is 19.6 Å². The van der Waals surface area contributed by atoms with E-state index in [2.05, 4.69) is 0 Å². The number of aromatic hydroxyl groups is 1. The lowest BCUT2D eigenvalue weighted by atomic mass is 10.0. The zero-order valence-electron chi connectivity index (χ0n) is 8.51. The Morgan fingerprint density at radius 2 is 2.19 bits per heavy atom. The van der Waals surface area contributed by atoms with E-state index in [-0.39, 0.29) is 18.0 Å². The van der Waals surface area contributed by atoms with Gasteiger partial charge in [-0.15, -0.1) is 12.4 Å². The van der Waals surface area contributed by atoms with Crippen LogP contribution in [0.3, 0.4) is 0 Å².